The van der Waals surface area contributed by atoms with Crippen LogP contribution in [0.5, 0.6) is 5.75 Å². The van der Waals surface area contributed by atoms with Crippen LogP contribution in [0.3, 0.4) is 0 Å². The molecule has 0 amide bonds. The lowest BCUT2D eigenvalue weighted by Crippen LogP contribution is -2.46. The highest BCUT2D eigenvalue weighted by Gasteiger charge is 2.37. The lowest BCUT2D eigenvalue weighted by Gasteiger charge is -2.22. The summed E-state index contributed by atoms with van der Waals surface area (Å²) in [6.07, 6.45) is 0.175. The predicted molar refractivity (Wildman–Crippen MR) is 128 cm³/mol. The Kier molecular flexibility index (Phi) is 8.84. The van der Waals surface area contributed by atoms with E-state index in [1.54, 1.807) is 13.0 Å². The molecule has 4 nitrogen and oxygen atoms in total. The number of aryl methyl sites for hydroxylation is 1. The number of nitrogens with zero attached hydrogens (tertiary/aromatic N) is 1. The van der Waals surface area contributed by atoms with Gasteiger partial charge in [0.05, 0.1) is 41.2 Å². The summed E-state index contributed by atoms with van der Waals surface area (Å²) >= 11 is 1.30. The van der Waals surface area contributed by atoms with Gasteiger partial charge in [0.2, 0.25) is 0 Å². The Morgan fingerprint density at radius 3 is 2.52 bits per heavy atom. The first-order valence-corrected chi connectivity index (χ1v) is 12.1. The van der Waals surface area contributed by atoms with E-state index in [0.717, 1.165) is 31.7 Å². The van der Waals surface area contributed by atoms with Crippen molar-refractivity contribution in [2.75, 3.05) is 19.8 Å². The largest absolute Gasteiger partial charge is 0.493 e. The van der Waals surface area contributed by atoms with Gasteiger partial charge in [-0.15, -0.1) is 0 Å². The molecule has 2 aromatic rings. The summed E-state index contributed by atoms with van der Waals surface area (Å²) in [4.78, 5) is 4.34. The summed E-state index contributed by atoms with van der Waals surface area (Å²) in [5.41, 5.74) is 6.08. The molecule has 0 spiro atoms. The summed E-state index contributed by atoms with van der Waals surface area (Å²) in [7, 11) is 0. The average molecular weight is 481 g/mol. The third-order valence-electron chi connectivity index (χ3n) is 5.61. The highest BCUT2D eigenvalue weighted by atomic mass is 32.2. The van der Waals surface area contributed by atoms with E-state index >= 15 is 0 Å². The first kappa shape index (κ1) is 25.6. The molecular weight excluding hydrogens is 449 g/mol. The van der Waals surface area contributed by atoms with Gasteiger partial charge >= 0.3 is 6.18 Å². The van der Waals surface area contributed by atoms with Crippen LogP contribution in [0.1, 0.15) is 54.5 Å². The van der Waals surface area contributed by atoms with Crippen molar-refractivity contribution in [3.63, 3.8) is 0 Å². The molecule has 33 heavy (non-hydrogen) atoms. The van der Waals surface area contributed by atoms with Crippen molar-refractivity contribution in [1.29, 1.82) is 0 Å². The van der Waals surface area contributed by atoms with E-state index in [4.69, 9.17) is 10.5 Å². The van der Waals surface area contributed by atoms with E-state index in [0.29, 0.717) is 23.6 Å². The predicted octanol–water partition coefficient (Wildman–Crippen LogP) is 5.78. The van der Waals surface area contributed by atoms with Gasteiger partial charge in [0.25, 0.3) is 0 Å². The normalized spacial score (nSPS) is 18.1. The van der Waals surface area contributed by atoms with Crippen molar-refractivity contribution in [2.24, 2.45) is 10.7 Å². The van der Waals surface area contributed by atoms with E-state index in [-0.39, 0.29) is 24.2 Å². The van der Waals surface area contributed by atoms with Crippen LogP contribution in [0.15, 0.2) is 53.5 Å². The van der Waals surface area contributed by atoms with Gasteiger partial charge in [-0.1, -0.05) is 61.0 Å². The zero-order valence-corrected chi connectivity index (χ0v) is 19.6. The summed E-state index contributed by atoms with van der Waals surface area (Å²) in [5.74, 6) is -0.140. The zero-order valence-electron chi connectivity index (χ0n) is 18.8. The van der Waals surface area contributed by atoms with Crippen LogP contribution in [-0.2, 0) is 12.6 Å². The maximum atomic E-state index is 13.7. The monoisotopic (exact) mass is 480 g/mol. The smallest absolute Gasteiger partial charge is 0.419 e. The molecule has 1 aliphatic heterocycles. The summed E-state index contributed by atoms with van der Waals surface area (Å²) in [5, 5.41) is 9.70. The number of hydrogen-bond donors (Lipinski definition) is 2. The number of thioether (sulfide) groups is 1. The van der Waals surface area contributed by atoms with E-state index in [1.807, 2.05) is 18.2 Å². The Hall–Kier alpha value is -2.03. The molecule has 1 aliphatic rings. The van der Waals surface area contributed by atoms with Crippen molar-refractivity contribution < 1.29 is 23.0 Å². The number of unbranched alkanes of at least 4 members (excludes halogenated alkanes) is 3. The van der Waals surface area contributed by atoms with E-state index in [2.05, 4.69) is 17.1 Å². The van der Waals surface area contributed by atoms with Gasteiger partial charge in [-0.3, -0.25) is 4.99 Å². The maximum Gasteiger partial charge on any atom is 0.419 e. The fraction of sp³-hybridized carbons (Fsp3) is 0.480. The summed E-state index contributed by atoms with van der Waals surface area (Å²) < 4.78 is 46.6. The minimum absolute atomic E-state index is 0.140. The summed E-state index contributed by atoms with van der Waals surface area (Å²) in [6, 6.07) is 14.5. The van der Waals surface area contributed by atoms with Gasteiger partial charge in [0, 0.05) is 0 Å². The van der Waals surface area contributed by atoms with Crippen LogP contribution in [0.2, 0.25) is 0 Å². The second kappa shape index (κ2) is 11.4. The minimum atomic E-state index is -4.51. The molecule has 0 radical (unpaired) electrons. The molecule has 2 atom stereocenters. The van der Waals surface area contributed by atoms with Gasteiger partial charge in [-0.25, -0.2) is 0 Å². The Morgan fingerprint density at radius 1 is 1.09 bits per heavy atom. The van der Waals surface area contributed by atoms with Crippen molar-refractivity contribution in [1.82, 2.24) is 0 Å². The van der Waals surface area contributed by atoms with Crippen molar-refractivity contribution in [2.45, 2.75) is 56.0 Å². The average Bonchev–Trinajstić information content (AvgIpc) is 3.30. The number of aliphatic hydroxyl groups excluding tert-OH is 1. The molecule has 2 aromatic carbocycles. The first-order valence-electron chi connectivity index (χ1n) is 11.2. The molecule has 180 valence electrons. The Balaban J connectivity index is 1.51. The van der Waals surface area contributed by atoms with Gasteiger partial charge in [-0.2, -0.15) is 13.2 Å². The number of aliphatic imine (C=N–C) groups is 1. The lowest BCUT2D eigenvalue weighted by molar-refractivity contribution is -0.139. The van der Waals surface area contributed by atoms with Crippen molar-refractivity contribution >= 4 is 16.8 Å². The number of ether oxygens (including phenoxy) is 1. The molecule has 1 unspecified atom stereocenters. The standard InChI is InChI=1S/C25H31F3N2O2S/c1-24(29,17-31)23-30-16-22(33-23)19-12-13-21(20(15-19)25(26,27)28)32-14-8-3-2-5-9-18-10-6-4-7-11-18/h4,6-7,10-13,15,22,31H,2-3,5,8-9,14,16-17,29H2,1H3/t22?,24-/m0/s1. The topological polar surface area (TPSA) is 67.8 Å². The fourth-order valence-corrected chi connectivity index (χ4v) is 4.82. The van der Waals surface area contributed by atoms with E-state index in [1.165, 1.54) is 23.4 Å². The minimum Gasteiger partial charge on any atom is -0.493 e. The van der Waals surface area contributed by atoms with Crippen LogP contribution in [0.25, 0.3) is 0 Å². The van der Waals surface area contributed by atoms with Crippen molar-refractivity contribution in [3.8, 4) is 5.75 Å². The number of nitrogens with two attached hydrogens (primary N) is 1. The van der Waals surface area contributed by atoms with Gasteiger partial charge in [-0.05, 0) is 49.4 Å². The Labute approximate surface area is 197 Å². The number of alkyl halides is 3. The maximum absolute atomic E-state index is 13.7. The highest BCUT2D eigenvalue weighted by molar-refractivity contribution is 8.14. The second-order valence-electron chi connectivity index (χ2n) is 8.58. The van der Waals surface area contributed by atoms with Crippen LogP contribution < -0.4 is 10.5 Å². The Morgan fingerprint density at radius 2 is 1.82 bits per heavy atom. The van der Waals surface area contributed by atoms with Gasteiger partial charge in [0.15, 0.2) is 0 Å². The lowest BCUT2D eigenvalue weighted by atomic mass is 10.1. The highest BCUT2D eigenvalue weighted by Crippen LogP contribution is 2.43. The molecule has 0 bridgehead atoms. The zero-order chi connectivity index (χ0) is 23.9. The quantitative estimate of drug-likeness (QED) is 0.400. The number of rotatable bonds is 11. The van der Waals surface area contributed by atoms with Gasteiger partial charge in [0.1, 0.15) is 5.75 Å². The number of halogens is 3. The van der Waals surface area contributed by atoms with Crippen molar-refractivity contribution in [3.05, 3.63) is 65.2 Å². The third kappa shape index (κ3) is 7.22. The number of hydrogen-bond acceptors (Lipinski definition) is 5. The number of benzene rings is 2. The molecular formula is C25H31F3N2O2S. The van der Waals surface area contributed by atoms with Gasteiger partial charge < -0.3 is 15.6 Å². The molecule has 0 saturated carbocycles. The first-order chi connectivity index (χ1) is 15.7. The molecule has 0 aliphatic carbocycles. The third-order valence-corrected chi connectivity index (χ3v) is 7.14. The van der Waals surface area contributed by atoms with Crippen LogP contribution in [0, 0.1) is 0 Å². The molecule has 1 heterocycles. The van der Waals surface area contributed by atoms with Crippen LogP contribution in [-0.4, -0.2) is 35.4 Å². The molecule has 0 fully saturated rings. The van der Waals surface area contributed by atoms with E-state index in [9.17, 15) is 18.3 Å². The molecule has 3 N–H and O–H groups in total. The summed E-state index contributed by atoms with van der Waals surface area (Å²) in [6.45, 7) is 1.95. The SMILES string of the molecule is C[C@](N)(CO)C1=NCC(c2ccc(OCCCCCCc3ccccc3)c(C(F)(F)F)c2)S1. The molecule has 3 rings (SSSR count). The molecule has 0 saturated heterocycles. The second-order valence-corrected chi connectivity index (χ2v) is 9.77. The van der Waals surface area contributed by atoms with Crippen LogP contribution in [0.4, 0.5) is 13.2 Å². The molecule has 0 aromatic heterocycles. The fourth-order valence-electron chi connectivity index (χ4n) is 3.64. The number of aliphatic hydroxyl groups is 1. The van der Waals surface area contributed by atoms with Crippen LogP contribution >= 0.6 is 11.8 Å². The van der Waals surface area contributed by atoms with E-state index < -0.39 is 17.3 Å². The Bertz CT molecular complexity index is 933. The molecule has 8 heteroatoms.